The van der Waals surface area contributed by atoms with Crippen LogP contribution in [-0.4, -0.2) is 6.29 Å². The normalized spacial score (nSPS) is 12.5. The van der Waals surface area contributed by atoms with E-state index < -0.39 is 0 Å². The summed E-state index contributed by atoms with van der Waals surface area (Å²) in [5.41, 5.74) is 1.57. The Morgan fingerprint density at radius 2 is 2.23 bits per heavy atom. The number of hydrogen-bond donors (Lipinski definition) is 0. The highest BCUT2D eigenvalue weighted by molar-refractivity contribution is 5.53. The molecular weight excluding hydrogens is 167 g/mol. The lowest BCUT2D eigenvalue weighted by molar-refractivity contribution is -0.110. The number of carbonyl (C=O) groups is 1. The summed E-state index contributed by atoms with van der Waals surface area (Å²) < 4.78 is 13.0. The molecule has 1 aromatic carbocycles. The molecule has 0 aliphatic rings. The van der Waals surface area contributed by atoms with Crippen molar-refractivity contribution in [1.29, 1.82) is 0 Å². The molecule has 1 nitrogen and oxygen atoms in total. The van der Waals surface area contributed by atoms with Gasteiger partial charge >= 0.3 is 0 Å². The zero-order valence-electron chi connectivity index (χ0n) is 7.88. The zero-order valence-corrected chi connectivity index (χ0v) is 7.88. The molecule has 0 aliphatic carbocycles. The van der Waals surface area contributed by atoms with E-state index in [0.29, 0.717) is 12.0 Å². The van der Waals surface area contributed by atoms with E-state index in [1.807, 2.05) is 13.0 Å². The van der Waals surface area contributed by atoms with E-state index in [4.69, 9.17) is 0 Å². The molecule has 0 radical (unpaired) electrons. The zero-order chi connectivity index (χ0) is 9.84. The van der Waals surface area contributed by atoms with Gasteiger partial charge in [0.15, 0.2) is 0 Å². The molecule has 0 aromatic heterocycles. The first kappa shape index (κ1) is 9.90. The molecule has 1 atom stereocenters. The van der Waals surface area contributed by atoms with Gasteiger partial charge in [0.25, 0.3) is 0 Å². The molecule has 1 aromatic rings. The van der Waals surface area contributed by atoms with Gasteiger partial charge in [0.1, 0.15) is 12.1 Å². The summed E-state index contributed by atoms with van der Waals surface area (Å²) in [5, 5.41) is 0. The first-order chi connectivity index (χ1) is 6.15. The SMILES string of the molecule is Cc1c(F)cccc1CC(C)C=O. The average Bonchev–Trinajstić information content (AvgIpc) is 2.13. The van der Waals surface area contributed by atoms with Crippen molar-refractivity contribution in [2.75, 3.05) is 0 Å². The first-order valence-electron chi connectivity index (χ1n) is 4.34. The monoisotopic (exact) mass is 180 g/mol. The van der Waals surface area contributed by atoms with Crippen molar-refractivity contribution in [1.82, 2.24) is 0 Å². The Hall–Kier alpha value is -1.18. The van der Waals surface area contributed by atoms with Crippen molar-refractivity contribution in [2.24, 2.45) is 5.92 Å². The third-order valence-corrected chi connectivity index (χ3v) is 2.15. The Balaban J connectivity index is 2.88. The summed E-state index contributed by atoms with van der Waals surface area (Å²) in [7, 11) is 0. The lowest BCUT2D eigenvalue weighted by Gasteiger charge is -2.07. The summed E-state index contributed by atoms with van der Waals surface area (Å²) in [4.78, 5) is 10.4. The minimum absolute atomic E-state index is 0.0412. The second-order valence-electron chi connectivity index (χ2n) is 3.34. The van der Waals surface area contributed by atoms with E-state index in [2.05, 4.69) is 0 Å². The molecular formula is C11H13FO. The number of rotatable bonds is 3. The van der Waals surface area contributed by atoms with Crippen LogP contribution in [0.15, 0.2) is 18.2 Å². The highest BCUT2D eigenvalue weighted by Crippen LogP contribution is 2.15. The lowest BCUT2D eigenvalue weighted by atomic mass is 9.98. The molecule has 13 heavy (non-hydrogen) atoms. The smallest absolute Gasteiger partial charge is 0.126 e. The average molecular weight is 180 g/mol. The maximum Gasteiger partial charge on any atom is 0.126 e. The summed E-state index contributed by atoms with van der Waals surface area (Å²) >= 11 is 0. The Bertz CT molecular complexity index is 307. The summed E-state index contributed by atoms with van der Waals surface area (Å²) in [6.45, 7) is 3.57. The molecule has 0 N–H and O–H groups in total. The van der Waals surface area contributed by atoms with Crippen molar-refractivity contribution in [2.45, 2.75) is 20.3 Å². The Morgan fingerprint density at radius 3 is 2.85 bits per heavy atom. The molecule has 1 unspecified atom stereocenters. The molecule has 0 bridgehead atoms. The van der Waals surface area contributed by atoms with E-state index >= 15 is 0 Å². The van der Waals surface area contributed by atoms with Crippen molar-refractivity contribution in [3.63, 3.8) is 0 Å². The molecule has 1 rings (SSSR count). The van der Waals surface area contributed by atoms with Gasteiger partial charge in [-0.2, -0.15) is 0 Å². The quantitative estimate of drug-likeness (QED) is 0.653. The van der Waals surface area contributed by atoms with Crippen molar-refractivity contribution < 1.29 is 9.18 Å². The summed E-state index contributed by atoms with van der Waals surface area (Å²) in [6, 6.07) is 4.97. The molecule has 0 heterocycles. The van der Waals surface area contributed by atoms with Gasteiger partial charge in [0.2, 0.25) is 0 Å². The molecule has 70 valence electrons. The number of aldehydes is 1. The molecule has 2 heteroatoms. The topological polar surface area (TPSA) is 17.1 Å². The van der Waals surface area contributed by atoms with Gasteiger partial charge in [-0.25, -0.2) is 4.39 Å². The fourth-order valence-electron chi connectivity index (χ4n) is 1.27. The van der Waals surface area contributed by atoms with Gasteiger partial charge in [0, 0.05) is 5.92 Å². The highest BCUT2D eigenvalue weighted by Gasteiger charge is 2.06. The number of carbonyl (C=O) groups excluding carboxylic acids is 1. The highest BCUT2D eigenvalue weighted by atomic mass is 19.1. The summed E-state index contributed by atoms with van der Waals surface area (Å²) in [6.07, 6.45) is 1.51. The van der Waals surface area contributed by atoms with E-state index in [-0.39, 0.29) is 11.7 Å². The van der Waals surface area contributed by atoms with Crippen LogP contribution in [0, 0.1) is 18.7 Å². The predicted octanol–water partition coefficient (Wildman–Crippen LogP) is 2.51. The first-order valence-corrected chi connectivity index (χ1v) is 4.34. The Labute approximate surface area is 77.6 Å². The van der Waals surface area contributed by atoms with Crippen molar-refractivity contribution in [3.05, 3.63) is 35.1 Å². The Morgan fingerprint density at radius 1 is 1.54 bits per heavy atom. The standard InChI is InChI=1S/C11H13FO/c1-8(7-13)6-10-4-3-5-11(12)9(10)2/h3-5,7-8H,6H2,1-2H3. The van der Waals surface area contributed by atoms with Crippen LogP contribution in [0.25, 0.3) is 0 Å². The predicted molar refractivity (Wildman–Crippen MR) is 50.1 cm³/mol. The fraction of sp³-hybridized carbons (Fsp3) is 0.364. The van der Waals surface area contributed by atoms with Gasteiger partial charge in [-0.3, -0.25) is 0 Å². The third-order valence-electron chi connectivity index (χ3n) is 2.15. The van der Waals surface area contributed by atoms with Gasteiger partial charge in [0.05, 0.1) is 0 Å². The van der Waals surface area contributed by atoms with E-state index in [9.17, 15) is 9.18 Å². The van der Waals surface area contributed by atoms with Gasteiger partial charge < -0.3 is 4.79 Å². The summed E-state index contributed by atoms with van der Waals surface area (Å²) in [5.74, 6) is -0.240. The maximum absolute atomic E-state index is 13.0. The lowest BCUT2D eigenvalue weighted by Crippen LogP contribution is -2.03. The minimum atomic E-state index is -0.199. The van der Waals surface area contributed by atoms with E-state index in [1.165, 1.54) is 6.07 Å². The number of benzene rings is 1. The number of halogens is 1. The van der Waals surface area contributed by atoms with E-state index in [1.54, 1.807) is 13.0 Å². The largest absolute Gasteiger partial charge is 0.303 e. The Kier molecular flexibility index (Phi) is 3.18. The molecule has 0 aliphatic heterocycles. The minimum Gasteiger partial charge on any atom is -0.303 e. The second kappa shape index (κ2) is 4.17. The van der Waals surface area contributed by atoms with Crippen LogP contribution in [0.4, 0.5) is 4.39 Å². The van der Waals surface area contributed by atoms with Crippen molar-refractivity contribution in [3.8, 4) is 0 Å². The van der Waals surface area contributed by atoms with Gasteiger partial charge in [-0.15, -0.1) is 0 Å². The number of hydrogen-bond acceptors (Lipinski definition) is 1. The second-order valence-corrected chi connectivity index (χ2v) is 3.34. The van der Waals surface area contributed by atoms with Crippen molar-refractivity contribution >= 4 is 6.29 Å². The van der Waals surface area contributed by atoms with Crippen LogP contribution >= 0.6 is 0 Å². The molecule has 0 saturated carbocycles. The van der Waals surface area contributed by atoms with Crippen LogP contribution in [0.2, 0.25) is 0 Å². The fourth-order valence-corrected chi connectivity index (χ4v) is 1.27. The van der Waals surface area contributed by atoms with Crippen LogP contribution in [0.1, 0.15) is 18.1 Å². The molecule has 0 spiro atoms. The van der Waals surface area contributed by atoms with Crippen LogP contribution < -0.4 is 0 Å². The van der Waals surface area contributed by atoms with Gasteiger partial charge in [-0.1, -0.05) is 19.1 Å². The third kappa shape index (κ3) is 2.38. The molecule has 0 amide bonds. The molecule has 0 saturated heterocycles. The van der Waals surface area contributed by atoms with Crippen LogP contribution in [0.5, 0.6) is 0 Å². The maximum atomic E-state index is 13.0. The van der Waals surface area contributed by atoms with Gasteiger partial charge in [-0.05, 0) is 30.5 Å². The van der Waals surface area contributed by atoms with Crippen LogP contribution in [0.3, 0.4) is 0 Å². The van der Waals surface area contributed by atoms with Crippen LogP contribution in [-0.2, 0) is 11.2 Å². The molecule has 0 fully saturated rings. The van der Waals surface area contributed by atoms with E-state index in [0.717, 1.165) is 11.8 Å².